The van der Waals surface area contributed by atoms with Gasteiger partial charge in [-0.2, -0.15) is 0 Å². The molecule has 0 saturated heterocycles. The summed E-state index contributed by atoms with van der Waals surface area (Å²) in [4.78, 5) is 17.4. The number of rotatable bonds is 9. The third kappa shape index (κ3) is 5.56. The fourth-order valence-electron chi connectivity index (χ4n) is 4.28. The van der Waals surface area contributed by atoms with E-state index in [1.54, 1.807) is 34.5 Å². The van der Waals surface area contributed by atoms with Crippen LogP contribution in [0, 0.1) is 11.8 Å². The van der Waals surface area contributed by atoms with Crippen LogP contribution in [0.2, 0.25) is 0 Å². The van der Waals surface area contributed by atoms with Gasteiger partial charge in [0.2, 0.25) is 0 Å². The highest BCUT2D eigenvalue weighted by atomic mass is 32.2. The summed E-state index contributed by atoms with van der Waals surface area (Å²) in [5.74, 6) is 0.640. The molecule has 4 rings (SSSR count). The predicted molar refractivity (Wildman–Crippen MR) is 133 cm³/mol. The number of aliphatic hydroxyl groups is 1. The molecule has 2 N–H and O–H groups in total. The predicted octanol–water partition coefficient (Wildman–Crippen LogP) is 3.11. The Balaban J connectivity index is 1.72. The van der Waals surface area contributed by atoms with Crippen LogP contribution in [-0.4, -0.2) is 74.7 Å². The molecule has 34 heavy (non-hydrogen) atoms. The molecule has 2 heterocycles. The molecule has 1 amide bonds. The topological polar surface area (TPSA) is 99.2 Å². The van der Waals surface area contributed by atoms with Crippen molar-refractivity contribution in [2.24, 2.45) is 11.8 Å². The van der Waals surface area contributed by atoms with Crippen molar-refractivity contribution >= 4 is 33.0 Å². The van der Waals surface area contributed by atoms with E-state index in [1.165, 1.54) is 18.9 Å². The average Bonchev–Trinajstić information content (AvgIpc) is 3.41. The van der Waals surface area contributed by atoms with E-state index in [0.29, 0.717) is 13.1 Å². The van der Waals surface area contributed by atoms with Crippen LogP contribution in [0.25, 0.3) is 0 Å². The van der Waals surface area contributed by atoms with Gasteiger partial charge in [0.15, 0.2) is 5.75 Å². The Labute approximate surface area is 205 Å². The number of nitrogens with one attached hydrogen (secondary N) is 1. The summed E-state index contributed by atoms with van der Waals surface area (Å²) in [7, 11) is -1.76. The summed E-state index contributed by atoms with van der Waals surface area (Å²) in [6.07, 6.45) is 2.23. The number of sulfonamides is 1. The molecule has 1 aliphatic carbocycles. The maximum absolute atomic E-state index is 13.5. The number of nitrogens with zero attached hydrogens (tertiary/aromatic N) is 2. The lowest BCUT2D eigenvalue weighted by Gasteiger charge is -2.38. The summed E-state index contributed by atoms with van der Waals surface area (Å²) in [5, 5.41) is 11.5. The molecule has 8 nitrogen and oxygen atoms in total. The summed E-state index contributed by atoms with van der Waals surface area (Å²) < 4.78 is 35.2. The number of hydrogen-bond donors (Lipinski definition) is 2. The van der Waals surface area contributed by atoms with Crippen molar-refractivity contribution in [1.82, 2.24) is 9.80 Å². The van der Waals surface area contributed by atoms with Gasteiger partial charge in [-0.05, 0) is 56.3 Å². The SMILES string of the molecule is C[C@H]1CN([C@@H](C)CO)C(=O)c2cccc(NS(=O)(=O)c3cccs3)c2O[C@@H]1CN(C)CC1CC1. The second kappa shape index (κ2) is 10.2. The van der Waals surface area contributed by atoms with Gasteiger partial charge < -0.3 is 19.6 Å². The number of para-hydroxylation sites is 1. The van der Waals surface area contributed by atoms with Gasteiger partial charge in [0.05, 0.1) is 23.9 Å². The Morgan fingerprint density at radius 3 is 2.68 bits per heavy atom. The normalized spacial score (nSPS) is 22.0. The van der Waals surface area contributed by atoms with Crippen molar-refractivity contribution in [2.45, 2.75) is 43.0 Å². The molecule has 1 aromatic heterocycles. The van der Waals surface area contributed by atoms with Crippen molar-refractivity contribution in [3.05, 3.63) is 41.3 Å². The van der Waals surface area contributed by atoms with E-state index < -0.39 is 10.0 Å². The number of amides is 1. The maximum atomic E-state index is 13.5. The monoisotopic (exact) mass is 507 g/mol. The lowest BCUT2D eigenvalue weighted by molar-refractivity contribution is 0.0346. The summed E-state index contributed by atoms with van der Waals surface area (Å²) in [6, 6.07) is 7.75. The third-order valence-electron chi connectivity index (χ3n) is 6.45. The zero-order valence-electron chi connectivity index (χ0n) is 19.8. The van der Waals surface area contributed by atoms with Crippen LogP contribution >= 0.6 is 11.3 Å². The van der Waals surface area contributed by atoms with Crippen molar-refractivity contribution in [3.8, 4) is 5.75 Å². The molecule has 2 aromatic rings. The van der Waals surface area contributed by atoms with Crippen LogP contribution in [-0.2, 0) is 10.0 Å². The fourth-order valence-corrected chi connectivity index (χ4v) is 6.33. The Bertz CT molecular complexity index is 1100. The smallest absolute Gasteiger partial charge is 0.271 e. The van der Waals surface area contributed by atoms with Gasteiger partial charge in [-0.3, -0.25) is 9.52 Å². The van der Waals surface area contributed by atoms with Gasteiger partial charge in [-0.15, -0.1) is 11.3 Å². The molecule has 0 radical (unpaired) electrons. The van der Waals surface area contributed by atoms with Gasteiger partial charge >= 0.3 is 0 Å². The number of carbonyl (C=O) groups excluding carboxylic acids is 1. The number of ether oxygens (including phenoxy) is 1. The van der Waals surface area contributed by atoms with E-state index in [2.05, 4.69) is 16.7 Å². The van der Waals surface area contributed by atoms with Gasteiger partial charge in [-0.25, -0.2) is 8.42 Å². The number of carbonyl (C=O) groups is 1. The van der Waals surface area contributed by atoms with Gasteiger partial charge in [-0.1, -0.05) is 19.1 Å². The lowest BCUT2D eigenvalue weighted by atomic mass is 9.99. The Hall–Kier alpha value is -2.14. The van der Waals surface area contributed by atoms with Crippen LogP contribution < -0.4 is 9.46 Å². The third-order valence-corrected chi connectivity index (χ3v) is 9.22. The number of thiophene rings is 1. The number of hydrogen-bond acceptors (Lipinski definition) is 7. The second-order valence-corrected chi connectivity index (χ2v) is 12.4. The van der Waals surface area contributed by atoms with Crippen LogP contribution in [0.4, 0.5) is 5.69 Å². The van der Waals surface area contributed by atoms with Crippen LogP contribution in [0.15, 0.2) is 39.9 Å². The van der Waals surface area contributed by atoms with Gasteiger partial charge in [0.25, 0.3) is 15.9 Å². The molecule has 1 aliphatic heterocycles. The van der Waals surface area contributed by atoms with Crippen LogP contribution in [0.1, 0.15) is 37.0 Å². The zero-order chi connectivity index (χ0) is 24.5. The molecule has 2 aliphatic rings. The zero-order valence-corrected chi connectivity index (χ0v) is 21.4. The molecule has 1 saturated carbocycles. The fraction of sp³-hybridized carbons (Fsp3) is 0.542. The Morgan fingerprint density at radius 2 is 2.03 bits per heavy atom. The van der Waals surface area contributed by atoms with Crippen molar-refractivity contribution in [1.29, 1.82) is 0 Å². The molecular weight excluding hydrogens is 474 g/mol. The summed E-state index contributed by atoms with van der Waals surface area (Å²) in [6.45, 7) is 5.76. The first kappa shape index (κ1) is 25.0. The number of likely N-dealkylation sites (N-methyl/N-ethyl adjacent to an activating group) is 1. The van der Waals surface area contributed by atoms with Crippen molar-refractivity contribution in [3.63, 3.8) is 0 Å². The van der Waals surface area contributed by atoms with Gasteiger partial charge in [0.1, 0.15) is 10.3 Å². The maximum Gasteiger partial charge on any atom is 0.271 e. The second-order valence-electron chi connectivity index (χ2n) is 9.51. The van der Waals surface area contributed by atoms with E-state index in [9.17, 15) is 18.3 Å². The molecule has 1 fully saturated rings. The van der Waals surface area contributed by atoms with Crippen molar-refractivity contribution < 1.29 is 23.1 Å². The van der Waals surface area contributed by atoms with E-state index in [-0.39, 0.29) is 51.8 Å². The molecule has 186 valence electrons. The average molecular weight is 508 g/mol. The first-order valence-corrected chi connectivity index (χ1v) is 14.0. The molecule has 0 unspecified atom stereocenters. The van der Waals surface area contributed by atoms with E-state index in [1.807, 2.05) is 13.8 Å². The molecule has 1 aromatic carbocycles. The quantitative estimate of drug-likeness (QED) is 0.541. The number of benzene rings is 1. The van der Waals surface area contributed by atoms with E-state index >= 15 is 0 Å². The highest BCUT2D eigenvalue weighted by Gasteiger charge is 2.35. The molecule has 3 atom stereocenters. The number of anilines is 1. The minimum absolute atomic E-state index is 0.0327. The van der Waals surface area contributed by atoms with Crippen LogP contribution in [0.3, 0.4) is 0 Å². The minimum atomic E-state index is -3.82. The standard InChI is InChI=1S/C24H33N3O5S2/c1-16-12-27(17(2)15-28)24(29)19-6-4-7-20(25-34(30,31)22-8-5-11-33-22)23(19)32-21(16)14-26(3)13-18-9-10-18/h4-8,11,16-18,21,25,28H,9-10,12-15H2,1-3H3/t16-,17-,21+/m0/s1. The molecule has 0 spiro atoms. The number of fused-ring (bicyclic) bond motifs is 1. The van der Waals surface area contributed by atoms with Gasteiger partial charge in [0, 0.05) is 25.6 Å². The lowest BCUT2D eigenvalue weighted by Crippen LogP contribution is -2.50. The van der Waals surface area contributed by atoms with E-state index in [4.69, 9.17) is 4.74 Å². The molecular formula is C24H33N3O5S2. The number of aliphatic hydroxyl groups excluding tert-OH is 1. The highest BCUT2D eigenvalue weighted by molar-refractivity contribution is 7.94. The molecule has 10 heteroatoms. The highest BCUT2D eigenvalue weighted by Crippen LogP contribution is 2.37. The minimum Gasteiger partial charge on any atom is -0.486 e. The summed E-state index contributed by atoms with van der Waals surface area (Å²) in [5.41, 5.74) is 0.522. The largest absolute Gasteiger partial charge is 0.486 e. The first-order valence-electron chi connectivity index (χ1n) is 11.7. The molecule has 0 bridgehead atoms. The Morgan fingerprint density at radius 1 is 1.26 bits per heavy atom. The van der Waals surface area contributed by atoms with E-state index in [0.717, 1.165) is 23.8 Å². The van der Waals surface area contributed by atoms with Crippen LogP contribution in [0.5, 0.6) is 5.75 Å². The Kier molecular flexibility index (Phi) is 7.51. The van der Waals surface area contributed by atoms with Crippen molar-refractivity contribution in [2.75, 3.05) is 38.0 Å². The summed E-state index contributed by atoms with van der Waals surface area (Å²) >= 11 is 1.12. The first-order chi connectivity index (χ1) is 16.2.